The summed E-state index contributed by atoms with van der Waals surface area (Å²) in [6, 6.07) is 4.80. The summed E-state index contributed by atoms with van der Waals surface area (Å²) >= 11 is 0. The summed E-state index contributed by atoms with van der Waals surface area (Å²) in [6.45, 7) is 4.87. The van der Waals surface area contributed by atoms with Crippen molar-refractivity contribution < 1.29 is 24.2 Å². The van der Waals surface area contributed by atoms with E-state index >= 15 is 0 Å². The molecule has 0 aliphatic carbocycles. The second kappa shape index (κ2) is 5.91. The minimum atomic E-state index is -1.30. The van der Waals surface area contributed by atoms with E-state index in [1.165, 1.54) is 7.11 Å². The van der Waals surface area contributed by atoms with Crippen LogP contribution in [0.15, 0.2) is 24.3 Å². The van der Waals surface area contributed by atoms with E-state index in [-0.39, 0.29) is 0 Å². The van der Waals surface area contributed by atoms with E-state index in [1.807, 2.05) is 0 Å². The van der Waals surface area contributed by atoms with Crippen LogP contribution in [0.3, 0.4) is 0 Å². The normalized spacial score (nSPS) is 22.2. The molecule has 1 aliphatic heterocycles. The number of ether oxygens (including phenoxy) is 1. The second-order valence-electron chi connectivity index (χ2n) is 5.99. The molecule has 1 aromatic rings. The SMILES string of the molecule is COc1ccc(C2(C)NC(=O)N(C(C(=O)O)C(C)C)C2=O)cc1. The van der Waals surface area contributed by atoms with E-state index in [4.69, 9.17) is 4.74 Å². The predicted molar refractivity (Wildman–Crippen MR) is 82.0 cm³/mol. The highest BCUT2D eigenvalue weighted by Crippen LogP contribution is 2.32. The zero-order chi connectivity index (χ0) is 17.4. The van der Waals surface area contributed by atoms with Gasteiger partial charge in [0.15, 0.2) is 0 Å². The van der Waals surface area contributed by atoms with Gasteiger partial charge in [-0.2, -0.15) is 0 Å². The lowest BCUT2D eigenvalue weighted by atomic mass is 9.91. The van der Waals surface area contributed by atoms with E-state index in [9.17, 15) is 19.5 Å². The van der Waals surface area contributed by atoms with Crippen molar-refractivity contribution in [2.45, 2.75) is 32.4 Å². The topological polar surface area (TPSA) is 95.9 Å². The molecule has 0 spiro atoms. The number of hydrogen-bond donors (Lipinski definition) is 2. The third-order valence-corrected chi connectivity index (χ3v) is 4.05. The van der Waals surface area contributed by atoms with E-state index in [0.717, 1.165) is 4.90 Å². The fraction of sp³-hybridized carbons (Fsp3) is 0.438. The molecule has 1 heterocycles. The van der Waals surface area contributed by atoms with Crippen LogP contribution in [0.4, 0.5) is 4.79 Å². The average Bonchev–Trinajstić information content (AvgIpc) is 2.71. The Morgan fingerprint density at radius 3 is 2.26 bits per heavy atom. The van der Waals surface area contributed by atoms with Gasteiger partial charge in [-0.1, -0.05) is 26.0 Å². The van der Waals surface area contributed by atoms with Crippen molar-refractivity contribution in [3.8, 4) is 5.75 Å². The maximum Gasteiger partial charge on any atom is 0.327 e. The maximum absolute atomic E-state index is 12.8. The van der Waals surface area contributed by atoms with Crippen molar-refractivity contribution >= 4 is 17.9 Å². The Morgan fingerprint density at radius 2 is 1.83 bits per heavy atom. The highest BCUT2D eigenvalue weighted by atomic mass is 16.5. The van der Waals surface area contributed by atoms with Gasteiger partial charge in [-0.15, -0.1) is 0 Å². The number of methoxy groups -OCH3 is 1. The van der Waals surface area contributed by atoms with Gasteiger partial charge >= 0.3 is 12.0 Å². The largest absolute Gasteiger partial charge is 0.497 e. The molecule has 1 aliphatic rings. The molecule has 7 nitrogen and oxygen atoms in total. The lowest BCUT2D eigenvalue weighted by Gasteiger charge is -2.27. The van der Waals surface area contributed by atoms with Crippen molar-refractivity contribution in [1.29, 1.82) is 0 Å². The zero-order valence-corrected chi connectivity index (χ0v) is 13.5. The van der Waals surface area contributed by atoms with Crippen LogP contribution in [0.5, 0.6) is 5.75 Å². The average molecular weight is 320 g/mol. The van der Waals surface area contributed by atoms with Crippen LogP contribution < -0.4 is 10.1 Å². The molecule has 3 amide bonds. The van der Waals surface area contributed by atoms with E-state index < -0.39 is 35.4 Å². The standard InChI is InChI=1S/C16H20N2O5/c1-9(2)12(13(19)20)18-14(21)16(3,17-15(18)22)10-5-7-11(23-4)8-6-10/h5-9,12H,1-4H3,(H,17,22)(H,19,20). The molecule has 2 atom stereocenters. The molecule has 1 saturated heterocycles. The Kier molecular flexibility index (Phi) is 4.31. The van der Waals surface area contributed by atoms with Gasteiger partial charge in [-0.3, -0.25) is 4.79 Å². The van der Waals surface area contributed by atoms with Crippen LogP contribution in [-0.2, 0) is 15.1 Å². The molecule has 0 bridgehead atoms. The van der Waals surface area contributed by atoms with Gasteiger partial charge < -0.3 is 15.2 Å². The molecular weight excluding hydrogens is 300 g/mol. The highest BCUT2D eigenvalue weighted by molar-refractivity contribution is 6.09. The van der Waals surface area contributed by atoms with Gasteiger partial charge in [0.2, 0.25) is 0 Å². The minimum Gasteiger partial charge on any atom is -0.497 e. The number of carbonyl (C=O) groups excluding carboxylic acids is 2. The van der Waals surface area contributed by atoms with Crippen LogP contribution in [-0.4, -0.2) is 41.1 Å². The van der Waals surface area contributed by atoms with Crippen molar-refractivity contribution in [1.82, 2.24) is 10.2 Å². The summed E-state index contributed by atoms with van der Waals surface area (Å²) < 4.78 is 5.07. The zero-order valence-electron chi connectivity index (χ0n) is 13.5. The third-order valence-electron chi connectivity index (χ3n) is 4.05. The quantitative estimate of drug-likeness (QED) is 0.803. The Morgan fingerprint density at radius 1 is 1.26 bits per heavy atom. The van der Waals surface area contributed by atoms with E-state index in [1.54, 1.807) is 45.0 Å². The monoisotopic (exact) mass is 320 g/mol. The minimum absolute atomic E-state index is 0.402. The molecule has 0 aromatic heterocycles. The van der Waals surface area contributed by atoms with Crippen molar-refractivity contribution in [2.24, 2.45) is 5.92 Å². The summed E-state index contributed by atoms with van der Waals surface area (Å²) in [4.78, 5) is 37.3. The predicted octanol–water partition coefficient (Wildman–Crippen LogP) is 1.57. The summed E-state index contributed by atoms with van der Waals surface area (Å²) in [5.41, 5.74) is -0.738. The third kappa shape index (κ3) is 2.74. The first-order chi connectivity index (χ1) is 10.7. The van der Waals surface area contributed by atoms with Gasteiger partial charge in [-0.05, 0) is 30.5 Å². The van der Waals surface area contributed by atoms with Gasteiger partial charge in [0.25, 0.3) is 5.91 Å². The Balaban J connectivity index is 2.41. The molecule has 0 radical (unpaired) electrons. The molecule has 2 rings (SSSR count). The smallest absolute Gasteiger partial charge is 0.327 e. The number of amides is 3. The van der Waals surface area contributed by atoms with Crippen LogP contribution in [0, 0.1) is 5.92 Å². The first-order valence-corrected chi connectivity index (χ1v) is 7.25. The first kappa shape index (κ1) is 16.8. The lowest BCUT2D eigenvalue weighted by molar-refractivity contribution is -0.149. The molecular formula is C16H20N2O5. The fourth-order valence-electron chi connectivity index (χ4n) is 2.73. The van der Waals surface area contributed by atoms with Gasteiger partial charge in [0.1, 0.15) is 17.3 Å². The second-order valence-corrected chi connectivity index (χ2v) is 5.99. The van der Waals surface area contributed by atoms with Gasteiger partial charge in [0, 0.05) is 0 Å². The fourth-order valence-corrected chi connectivity index (χ4v) is 2.73. The number of benzene rings is 1. The summed E-state index contributed by atoms with van der Waals surface area (Å²) in [5, 5.41) is 12.0. The number of imide groups is 1. The molecule has 2 unspecified atom stereocenters. The van der Waals surface area contributed by atoms with E-state index in [0.29, 0.717) is 11.3 Å². The molecule has 1 aromatic carbocycles. The molecule has 0 saturated carbocycles. The van der Waals surface area contributed by atoms with Crippen LogP contribution in [0.2, 0.25) is 0 Å². The highest BCUT2D eigenvalue weighted by Gasteiger charge is 2.53. The number of rotatable bonds is 5. The number of aliphatic carboxylic acids is 1. The van der Waals surface area contributed by atoms with Crippen LogP contribution in [0.1, 0.15) is 26.3 Å². The number of carboxylic acid groups (broad SMARTS) is 1. The number of carbonyl (C=O) groups is 3. The van der Waals surface area contributed by atoms with Crippen molar-refractivity contribution in [2.75, 3.05) is 7.11 Å². The van der Waals surface area contributed by atoms with Crippen LogP contribution >= 0.6 is 0 Å². The Labute approximate surface area is 134 Å². The Hall–Kier alpha value is -2.57. The number of nitrogens with one attached hydrogen (secondary N) is 1. The molecule has 23 heavy (non-hydrogen) atoms. The number of carboxylic acids is 1. The van der Waals surface area contributed by atoms with Crippen molar-refractivity contribution in [3.63, 3.8) is 0 Å². The molecule has 124 valence electrons. The maximum atomic E-state index is 12.8. The molecule has 1 fully saturated rings. The number of hydrogen-bond acceptors (Lipinski definition) is 4. The number of nitrogens with zero attached hydrogens (tertiary/aromatic N) is 1. The first-order valence-electron chi connectivity index (χ1n) is 7.25. The van der Waals surface area contributed by atoms with Gasteiger partial charge in [-0.25, -0.2) is 14.5 Å². The van der Waals surface area contributed by atoms with Gasteiger partial charge in [0.05, 0.1) is 7.11 Å². The van der Waals surface area contributed by atoms with Crippen LogP contribution in [0.25, 0.3) is 0 Å². The molecule has 2 N–H and O–H groups in total. The Bertz CT molecular complexity index is 640. The molecule has 7 heteroatoms. The number of urea groups is 1. The lowest BCUT2D eigenvalue weighted by Crippen LogP contribution is -2.49. The van der Waals surface area contributed by atoms with E-state index in [2.05, 4.69) is 5.32 Å². The van der Waals surface area contributed by atoms with Crippen molar-refractivity contribution in [3.05, 3.63) is 29.8 Å². The summed E-state index contributed by atoms with van der Waals surface area (Å²) in [6.07, 6.45) is 0. The summed E-state index contributed by atoms with van der Waals surface area (Å²) in [5.74, 6) is -1.56. The summed E-state index contributed by atoms with van der Waals surface area (Å²) in [7, 11) is 1.53.